The monoisotopic (exact) mass is 237 g/mol. The van der Waals surface area contributed by atoms with E-state index in [9.17, 15) is 4.79 Å². The highest BCUT2D eigenvalue weighted by atomic mass is 16.4. The largest absolute Gasteiger partial charge is 0.394 e. The molecule has 0 heterocycles. The molecule has 0 radical (unpaired) electrons. The van der Waals surface area contributed by atoms with Crippen LogP contribution in [0.2, 0.25) is 0 Å². The van der Waals surface area contributed by atoms with Crippen LogP contribution in [0.15, 0.2) is 12.2 Å². The van der Waals surface area contributed by atoms with Crippen molar-refractivity contribution in [1.29, 1.82) is 0 Å². The van der Waals surface area contributed by atoms with Crippen molar-refractivity contribution in [3.05, 3.63) is 12.2 Å². The average molecular weight is 237 g/mol. The lowest BCUT2D eigenvalue weighted by Gasteiger charge is -2.19. The van der Waals surface area contributed by atoms with Crippen molar-refractivity contribution < 1.29 is 30.3 Å². The van der Waals surface area contributed by atoms with Gasteiger partial charge in [-0.2, -0.15) is 0 Å². The maximum absolute atomic E-state index is 9.82. The molecule has 16 heavy (non-hydrogen) atoms. The first-order chi connectivity index (χ1) is 7.27. The summed E-state index contributed by atoms with van der Waals surface area (Å²) in [5, 5.41) is 42.6. The molecule has 0 saturated carbocycles. The van der Waals surface area contributed by atoms with E-state index in [-0.39, 0.29) is 0 Å². The van der Waals surface area contributed by atoms with E-state index in [2.05, 4.69) is 6.58 Å². The number of aliphatic hydroxyl groups is 5. The summed E-state index contributed by atoms with van der Waals surface area (Å²) in [5.41, 5.74) is 5.09. The fourth-order valence-electron chi connectivity index (χ4n) is 0.472. The second kappa shape index (κ2) is 9.25. The van der Waals surface area contributed by atoms with Crippen molar-refractivity contribution in [2.45, 2.75) is 25.2 Å². The van der Waals surface area contributed by atoms with E-state index >= 15 is 0 Å². The molecule has 7 nitrogen and oxygen atoms in total. The van der Waals surface area contributed by atoms with E-state index < -0.39 is 37.4 Å². The third-order valence-corrected chi connectivity index (χ3v) is 1.58. The van der Waals surface area contributed by atoms with Crippen molar-refractivity contribution in [1.82, 2.24) is 0 Å². The van der Waals surface area contributed by atoms with Crippen LogP contribution >= 0.6 is 0 Å². The summed E-state index contributed by atoms with van der Waals surface area (Å²) in [6.07, 6.45) is -4.29. The lowest BCUT2D eigenvalue weighted by Crippen LogP contribution is -2.41. The fraction of sp³-hybridized carbons (Fsp3) is 0.667. The molecule has 96 valence electrons. The van der Waals surface area contributed by atoms with Crippen LogP contribution in [0, 0.1) is 0 Å². The normalized spacial score (nSPS) is 15.4. The lowest BCUT2D eigenvalue weighted by molar-refractivity contribution is -0.114. The molecule has 1 amide bonds. The smallest absolute Gasteiger partial charge is 0.243 e. The molecule has 0 saturated heterocycles. The van der Waals surface area contributed by atoms with Crippen LogP contribution < -0.4 is 5.73 Å². The molecule has 0 aromatic carbocycles. The van der Waals surface area contributed by atoms with Crippen LogP contribution in [0.25, 0.3) is 0 Å². The van der Waals surface area contributed by atoms with Crippen molar-refractivity contribution in [3.63, 3.8) is 0 Å². The minimum atomic E-state index is -1.49. The first-order valence-electron chi connectivity index (χ1n) is 4.49. The number of carbonyl (C=O) groups excluding carboxylic acids is 1. The Kier molecular flexibility index (Phi) is 10.1. The molecule has 0 aliphatic rings. The fourth-order valence-corrected chi connectivity index (χ4v) is 0.472. The minimum absolute atomic E-state index is 0.398. The zero-order valence-electron chi connectivity index (χ0n) is 9.08. The number of carbonyl (C=O) groups is 1. The standard InChI is InChI=1S/C5H12O5.C4H7NO/c6-1-3(8)5(10)4(9)2-7;1-3(2)4(5)6/h3-10H,1-2H2;1H2,2H3,(H2,5,6)/t3-,4+,5+;. The second-order valence-corrected chi connectivity index (χ2v) is 3.14. The van der Waals surface area contributed by atoms with E-state index in [0.29, 0.717) is 5.57 Å². The van der Waals surface area contributed by atoms with Gasteiger partial charge in [0, 0.05) is 5.57 Å². The van der Waals surface area contributed by atoms with Gasteiger partial charge in [-0.25, -0.2) is 0 Å². The Balaban J connectivity index is 0. The van der Waals surface area contributed by atoms with E-state index in [0.717, 1.165) is 0 Å². The van der Waals surface area contributed by atoms with Crippen molar-refractivity contribution >= 4 is 5.91 Å². The van der Waals surface area contributed by atoms with Gasteiger partial charge in [0.15, 0.2) is 0 Å². The number of hydrogen-bond acceptors (Lipinski definition) is 6. The van der Waals surface area contributed by atoms with Gasteiger partial charge in [-0.3, -0.25) is 4.79 Å². The maximum Gasteiger partial charge on any atom is 0.243 e. The molecule has 7 heteroatoms. The van der Waals surface area contributed by atoms with E-state index in [1.165, 1.54) is 0 Å². The summed E-state index contributed by atoms with van der Waals surface area (Å²) in [7, 11) is 0. The predicted molar refractivity (Wildman–Crippen MR) is 56.2 cm³/mol. The van der Waals surface area contributed by atoms with Crippen LogP contribution in [0.5, 0.6) is 0 Å². The van der Waals surface area contributed by atoms with Crippen LogP contribution in [0.1, 0.15) is 6.92 Å². The predicted octanol–water partition coefficient (Wildman–Crippen LogP) is -2.90. The second-order valence-electron chi connectivity index (χ2n) is 3.14. The Labute approximate surface area is 93.4 Å². The number of aliphatic hydroxyl groups excluding tert-OH is 5. The summed E-state index contributed by atoms with van der Waals surface area (Å²) in [6, 6.07) is 0. The minimum Gasteiger partial charge on any atom is -0.394 e. The summed E-state index contributed by atoms with van der Waals surface area (Å²) >= 11 is 0. The number of hydrogen-bond donors (Lipinski definition) is 6. The van der Waals surface area contributed by atoms with Crippen LogP contribution in [0.4, 0.5) is 0 Å². The quantitative estimate of drug-likeness (QED) is 0.283. The Hall–Kier alpha value is -0.990. The highest BCUT2D eigenvalue weighted by Gasteiger charge is 2.22. The van der Waals surface area contributed by atoms with Gasteiger partial charge in [0.05, 0.1) is 13.2 Å². The first kappa shape index (κ1) is 17.4. The number of nitrogens with two attached hydrogens (primary N) is 1. The summed E-state index contributed by atoms with van der Waals surface area (Å²) in [4.78, 5) is 9.82. The molecule has 0 rings (SSSR count). The summed E-state index contributed by atoms with van der Waals surface area (Å²) in [5.74, 6) is -0.435. The van der Waals surface area contributed by atoms with Crippen molar-refractivity contribution in [2.75, 3.05) is 13.2 Å². The number of amides is 1. The highest BCUT2D eigenvalue weighted by Crippen LogP contribution is 1.97. The molecule has 0 aliphatic carbocycles. The Bertz CT molecular complexity index is 198. The van der Waals surface area contributed by atoms with Crippen LogP contribution in [-0.2, 0) is 4.79 Å². The van der Waals surface area contributed by atoms with Crippen molar-refractivity contribution in [3.8, 4) is 0 Å². The summed E-state index contributed by atoms with van der Waals surface area (Å²) in [6.45, 7) is 3.57. The van der Waals surface area contributed by atoms with Crippen LogP contribution in [0.3, 0.4) is 0 Å². The Morgan fingerprint density at radius 3 is 1.56 bits per heavy atom. The van der Waals surface area contributed by atoms with E-state index in [1.807, 2.05) is 0 Å². The molecule has 0 bridgehead atoms. The SMILES string of the molecule is C=C(C)C(N)=O.OC[C@@H](O)[C@H](O)[C@@H](O)CO. The van der Waals surface area contributed by atoms with Gasteiger partial charge >= 0.3 is 0 Å². The topological polar surface area (TPSA) is 144 Å². The lowest BCUT2D eigenvalue weighted by atomic mass is 10.1. The van der Waals surface area contributed by atoms with Gasteiger partial charge in [0.25, 0.3) is 0 Å². The molecule has 0 unspecified atom stereocenters. The van der Waals surface area contributed by atoms with Gasteiger partial charge in [-0.1, -0.05) is 6.58 Å². The third kappa shape index (κ3) is 8.33. The molecule has 0 fully saturated rings. The van der Waals surface area contributed by atoms with Gasteiger partial charge < -0.3 is 31.3 Å². The summed E-state index contributed by atoms with van der Waals surface area (Å²) < 4.78 is 0. The molecular formula is C9H19NO6. The molecule has 0 aliphatic heterocycles. The highest BCUT2D eigenvalue weighted by molar-refractivity contribution is 5.90. The molecule has 7 N–H and O–H groups in total. The zero-order valence-corrected chi connectivity index (χ0v) is 9.08. The molecule has 3 atom stereocenters. The number of rotatable bonds is 5. The third-order valence-electron chi connectivity index (χ3n) is 1.58. The molecular weight excluding hydrogens is 218 g/mol. The molecule has 0 aromatic rings. The average Bonchev–Trinajstić information content (AvgIpc) is 2.26. The maximum atomic E-state index is 9.82. The molecule has 0 aromatic heterocycles. The van der Waals surface area contributed by atoms with Gasteiger partial charge in [-0.05, 0) is 6.92 Å². The van der Waals surface area contributed by atoms with Gasteiger partial charge in [0.2, 0.25) is 5.91 Å². The Morgan fingerprint density at radius 1 is 1.19 bits per heavy atom. The Morgan fingerprint density at radius 2 is 1.44 bits per heavy atom. The van der Waals surface area contributed by atoms with E-state index in [1.54, 1.807) is 6.92 Å². The molecule has 0 spiro atoms. The van der Waals surface area contributed by atoms with Gasteiger partial charge in [-0.15, -0.1) is 0 Å². The van der Waals surface area contributed by atoms with E-state index in [4.69, 9.17) is 31.3 Å². The zero-order chi connectivity index (χ0) is 13.3. The first-order valence-corrected chi connectivity index (χ1v) is 4.49. The van der Waals surface area contributed by atoms with Gasteiger partial charge in [0.1, 0.15) is 18.3 Å². The van der Waals surface area contributed by atoms with Crippen molar-refractivity contribution in [2.24, 2.45) is 5.73 Å². The van der Waals surface area contributed by atoms with Crippen LogP contribution in [-0.4, -0.2) is 63.0 Å². The number of primary amides is 1.